The van der Waals surface area contributed by atoms with Gasteiger partial charge >= 0.3 is 0 Å². The van der Waals surface area contributed by atoms with Gasteiger partial charge in [0.25, 0.3) is 0 Å². The molecule has 0 aliphatic heterocycles. The van der Waals surface area contributed by atoms with Crippen LogP contribution in [0.25, 0.3) is 11.0 Å². The van der Waals surface area contributed by atoms with Crippen LogP contribution in [0.5, 0.6) is 0 Å². The van der Waals surface area contributed by atoms with E-state index in [9.17, 15) is 0 Å². The summed E-state index contributed by atoms with van der Waals surface area (Å²) in [7, 11) is 0. The highest BCUT2D eigenvalue weighted by molar-refractivity contribution is 5.86. The van der Waals surface area contributed by atoms with Gasteiger partial charge in [-0.15, -0.1) is 0 Å². The Kier molecular flexibility index (Phi) is 1.40. The van der Waals surface area contributed by atoms with E-state index in [0.717, 1.165) is 11.1 Å². The number of hydrogen-bond donors (Lipinski definition) is 1. The summed E-state index contributed by atoms with van der Waals surface area (Å²) in [5.74, 6) is 0. The van der Waals surface area contributed by atoms with Crippen molar-refractivity contribution in [2.75, 3.05) is 5.73 Å². The molecule has 0 radical (unpaired) electrons. The number of nitrogens with two attached hydrogens (primary N) is 1. The lowest BCUT2D eigenvalue weighted by molar-refractivity contribution is 1.15. The van der Waals surface area contributed by atoms with Gasteiger partial charge in [0.05, 0.1) is 5.39 Å². The number of aromatic nitrogens is 3. The summed E-state index contributed by atoms with van der Waals surface area (Å²) >= 11 is 0. The molecule has 2 rings (SSSR count). The minimum atomic E-state index is 0.655. The molecule has 2 N–H and O–H groups in total. The zero-order valence-electron chi connectivity index (χ0n) is 6.65. The van der Waals surface area contributed by atoms with Crippen molar-refractivity contribution in [3.05, 3.63) is 24.3 Å². The summed E-state index contributed by atoms with van der Waals surface area (Å²) in [5.41, 5.74) is 7.94. The highest BCUT2D eigenvalue weighted by atomic mass is 14.9. The van der Waals surface area contributed by atoms with Gasteiger partial charge in [-0.3, -0.25) is 0 Å². The molecular formula is C8H8N4. The van der Waals surface area contributed by atoms with Gasteiger partial charge in [0.2, 0.25) is 0 Å². The van der Waals surface area contributed by atoms with E-state index in [1.807, 2.05) is 13.0 Å². The smallest absolute Gasteiger partial charge is 0.164 e. The molecule has 2 heterocycles. The first-order valence-electron chi connectivity index (χ1n) is 3.60. The number of aryl methyl sites for hydroxylation is 1. The molecule has 0 aromatic carbocycles. The number of fused-ring (bicyclic) bond motifs is 1. The number of pyridine rings is 1. The van der Waals surface area contributed by atoms with Crippen LogP contribution in [0.1, 0.15) is 5.69 Å². The summed E-state index contributed by atoms with van der Waals surface area (Å²) in [6, 6.07) is 1.81. The van der Waals surface area contributed by atoms with E-state index in [1.165, 1.54) is 6.33 Å². The highest BCUT2D eigenvalue weighted by Gasteiger charge is 2.00. The maximum absolute atomic E-state index is 5.74. The summed E-state index contributed by atoms with van der Waals surface area (Å²) in [6.07, 6.45) is 3.14. The Balaban J connectivity index is 2.89. The summed E-state index contributed by atoms with van der Waals surface area (Å²) < 4.78 is 0. The predicted octanol–water partition coefficient (Wildman–Crippen LogP) is 0.915. The average molecular weight is 160 g/mol. The van der Waals surface area contributed by atoms with Crippen molar-refractivity contribution in [1.29, 1.82) is 0 Å². The van der Waals surface area contributed by atoms with E-state index < -0.39 is 0 Å². The third-order valence-corrected chi connectivity index (χ3v) is 1.65. The van der Waals surface area contributed by atoms with E-state index in [1.54, 1.807) is 6.20 Å². The monoisotopic (exact) mass is 160 g/mol. The Bertz CT molecular complexity index is 424. The Morgan fingerprint density at radius 1 is 1.42 bits per heavy atom. The topological polar surface area (TPSA) is 64.7 Å². The Hall–Kier alpha value is -1.71. The van der Waals surface area contributed by atoms with Gasteiger partial charge < -0.3 is 5.73 Å². The molecule has 2 aromatic heterocycles. The second-order valence-corrected chi connectivity index (χ2v) is 2.61. The molecule has 0 aliphatic rings. The molecule has 0 saturated heterocycles. The normalized spacial score (nSPS) is 10.4. The molecule has 0 aliphatic carbocycles. The van der Waals surface area contributed by atoms with Crippen molar-refractivity contribution in [2.24, 2.45) is 0 Å². The molecule has 0 unspecified atom stereocenters. The minimum absolute atomic E-state index is 0.655. The van der Waals surface area contributed by atoms with Crippen molar-refractivity contribution in [2.45, 2.75) is 6.92 Å². The minimum Gasteiger partial charge on any atom is -0.398 e. The quantitative estimate of drug-likeness (QED) is 0.622. The van der Waals surface area contributed by atoms with Crippen molar-refractivity contribution in [3.8, 4) is 0 Å². The number of hydrogen-bond acceptors (Lipinski definition) is 4. The Morgan fingerprint density at radius 2 is 2.25 bits per heavy atom. The maximum Gasteiger partial charge on any atom is 0.164 e. The van der Waals surface area contributed by atoms with Gasteiger partial charge in [-0.05, 0) is 13.0 Å². The van der Waals surface area contributed by atoms with E-state index in [0.29, 0.717) is 11.3 Å². The number of nitrogens with zero attached hydrogens (tertiary/aromatic N) is 3. The Morgan fingerprint density at radius 3 is 3.08 bits per heavy atom. The Labute approximate surface area is 69.5 Å². The van der Waals surface area contributed by atoms with Crippen LogP contribution in [0.2, 0.25) is 0 Å². The van der Waals surface area contributed by atoms with E-state index >= 15 is 0 Å². The summed E-state index contributed by atoms with van der Waals surface area (Å²) in [4.78, 5) is 12.1. The van der Waals surface area contributed by atoms with Gasteiger partial charge in [-0.1, -0.05) is 0 Å². The first-order chi connectivity index (χ1) is 5.77. The van der Waals surface area contributed by atoms with Crippen molar-refractivity contribution >= 4 is 16.7 Å². The van der Waals surface area contributed by atoms with Crippen LogP contribution in [-0.4, -0.2) is 15.0 Å². The molecule has 4 nitrogen and oxygen atoms in total. The van der Waals surface area contributed by atoms with E-state index in [-0.39, 0.29) is 0 Å². The zero-order chi connectivity index (χ0) is 8.55. The van der Waals surface area contributed by atoms with Crippen LogP contribution in [0.15, 0.2) is 18.6 Å². The second kappa shape index (κ2) is 2.41. The van der Waals surface area contributed by atoms with Crippen LogP contribution >= 0.6 is 0 Å². The molecule has 4 heteroatoms. The van der Waals surface area contributed by atoms with Crippen molar-refractivity contribution in [1.82, 2.24) is 15.0 Å². The van der Waals surface area contributed by atoms with E-state index in [4.69, 9.17) is 5.73 Å². The molecule has 0 amide bonds. The van der Waals surface area contributed by atoms with Gasteiger partial charge in [-0.2, -0.15) is 0 Å². The molecule has 0 saturated carbocycles. The fraction of sp³-hybridized carbons (Fsp3) is 0.125. The maximum atomic E-state index is 5.74. The third kappa shape index (κ3) is 0.972. The lowest BCUT2D eigenvalue weighted by atomic mass is 10.2. The molecule has 12 heavy (non-hydrogen) atoms. The zero-order valence-corrected chi connectivity index (χ0v) is 6.65. The standard InChI is InChI=1S/C8H8N4/c1-5-2-7(9)6-3-10-4-11-8(6)12-5/h2-4H,1H3,(H2,9,10,11,12). The first-order valence-corrected chi connectivity index (χ1v) is 3.60. The van der Waals surface area contributed by atoms with Crippen LogP contribution in [0, 0.1) is 6.92 Å². The molecule has 2 aromatic rings. The highest BCUT2D eigenvalue weighted by Crippen LogP contribution is 2.16. The van der Waals surface area contributed by atoms with Gasteiger partial charge in [-0.25, -0.2) is 15.0 Å². The molecule has 0 fully saturated rings. The lowest BCUT2D eigenvalue weighted by Crippen LogP contribution is -1.94. The summed E-state index contributed by atoms with van der Waals surface area (Å²) in [6.45, 7) is 1.89. The fourth-order valence-corrected chi connectivity index (χ4v) is 1.12. The van der Waals surface area contributed by atoms with Crippen LogP contribution in [0.3, 0.4) is 0 Å². The molecule has 0 atom stereocenters. The average Bonchev–Trinajstić information content (AvgIpc) is 2.04. The number of rotatable bonds is 0. The molecule has 0 spiro atoms. The second-order valence-electron chi connectivity index (χ2n) is 2.61. The third-order valence-electron chi connectivity index (χ3n) is 1.65. The van der Waals surface area contributed by atoms with Crippen LogP contribution < -0.4 is 5.73 Å². The fourth-order valence-electron chi connectivity index (χ4n) is 1.12. The first kappa shape index (κ1) is 6.97. The lowest BCUT2D eigenvalue weighted by Gasteiger charge is -2.00. The largest absolute Gasteiger partial charge is 0.398 e. The van der Waals surface area contributed by atoms with Crippen molar-refractivity contribution < 1.29 is 0 Å². The number of nitrogen functional groups attached to an aromatic ring is 1. The molecule has 60 valence electrons. The van der Waals surface area contributed by atoms with Crippen molar-refractivity contribution in [3.63, 3.8) is 0 Å². The molecule has 0 bridgehead atoms. The number of anilines is 1. The van der Waals surface area contributed by atoms with Gasteiger partial charge in [0.15, 0.2) is 5.65 Å². The molecular weight excluding hydrogens is 152 g/mol. The SMILES string of the molecule is Cc1cc(N)c2cncnc2n1. The van der Waals surface area contributed by atoms with Gasteiger partial charge in [0, 0.05) is 17.6 Å². The van der Waals surface area contributed by atoms with Gasteiger partial charge in [0.1, 0.15) is 6.33 Å². The van der Waals surface area contributed by atoms with E-state index in [2.05, 4.69) is 15.0 Å². The predicted molar refractivity (Wildman–Crippen MR) is 46.5 cm³/mol. The van der Waals surface area contributed by atoms with Crippen LogP contribution in [0.4, 0.5) is 5.69 Å². The summed E-state index contributed by atoms with van der Waals surface area (Å²) in [5, 5.41) is 0.808. The van der Waals surface area contributed by atoms with Crippen LogP contribution in [-0.2, 0) is 0 Å².